The first-order chi connectivity index (χ1) is 6.56. The van der Waals surface area contributed by atoms with E-state index < -0.39 is 6.10 Å². The van der Waals surface area contributed by atoms with E-state index in [1.165, 1.54) is 7.11 Å². The van der Waals surface area contributed by atoms with Crippen LogP contribution in [-0.2, 0) is 4.74 Å². The van der Waals surface area contributed by atoms with Crippen molar-refractivity contribution in [2.75, 3.05) is 7.11 Å². The Morgan fingerprint density at radius 2 is 2.14 bits per heavy atom. The average molecular weight is 194 g/mol. The Kier molecular flexibility index (Phi) is 3.25. The van der Waals surface area contributed by atoms with Crippen molar-refractivity contribution in [2.45, 2.75) is 20.0 Å². The van der Waals surface area contributed by atoms with E-state index in [2.05, 4.69) is 4.74 Å². The number of esters is 1. The van der Waals surface area contributed by atoms with Crippen LogP contribution in [0.4, 0.5) is 0 Å². The summed E-state index contributed by atoms with van der Waals surface area (Å²) in [5, 5.41) is 9.43. The lowest BCUT2D eigenvalue weighted by Gasteiger charge is -2.10. The molecule has 0 bridgehead atoms. The summed E-state index contributed by atoms with van der Waals surface area (Å²) in [5.74, 6) is -0.383. The number of hydrogen-bond donors (Lipinski definition) is 1. The highest BCUT2D eigenvalue weighted by Crippen LogP contribution is 2.19. The first kappa shape index (κ1) is 10.7. The Bertz CT molecular complexity index is 342. The molecule has 1 aromatic rings. The Morgan fingerprint density at radius 3 is 2.64 bits per heavy atom. The Hall–Kier alpha value is -1.35. The number of aliphatic hydroxyl groups excluding tert-OH is 1. The van der Waals surface area contributed by atoms with Crippen molar-refractivity contribution in [3.8, 4) is 0 Å². The van der Waals surface area contributed by atoms with Crippen LogP contribution in [0.5, 0.6) is 0 Å². The standard InChI is InChI=1S/C11H14O3/c1-7-4-5-9(11(13)14-3)6-10(7)8(2)12/h4-6,8,12H,1-3H3. The van der Waals surface area contributed by atoms with Gasteiger partial charge in [0.2, 0.25) is 0 Å². The fourth-order valence-corrected chi connectivity index (χ4v) is 1.34. The molecule has 0 fully saturated rings. The minimum atomic E-state index is -0.570. The highest BCUT2D eigenvalue weighted by Gasteiger charge is 2.10. The maximum atomic E-state index is 11.2. The van der Waals surface area contributed by atoms with Crippen molar-refractivity contribution in [3.63, 3.8) is 0 Å². The first-order valence-corrected chi connectivity index (χ1v) is 4.43. The van der Waals surface area contributed by atoms with Gasteiger partial charge in [0, 0.05) is 0 Å². The zero-order chi connectivity index (χ0) is 10.7. The summed E-state index contributed by atoms with van der Waals surface area (Å²) in [4.78, 5) is 11.2. The number of carbonyl (C=O) groups excluding carboxylic acids is 1. The number of ether oxygens (including phenoxy) is 1. The van der Waals surface area contributed by atoms with Gasteiger partial charge in [0.25, 0.3) is 0 Å². The molecule has 76 valence electrons. The molecule has 1 atom stereocenters. The summed E-state index contributed by atoms with van der Waals surface area (Å²) in [6.45, 7) is 3.56. The van der Waals surface area contributed by atoms with E-state index in [0.717, 1.165) is 11.1 Å². The van der Waals surface area contributed by atoms with Gasteiger partial charge >= 0.3 is 5.97 Å². The molecule has 0 aliphatic carbocycles. The normalized spacial score (nSPS) is 12.3. The lowest BCUT2D eigenvalue weighted by Crippen LogP contribution is -2.04. The highest BCUT2D eigenvalue weighted by molar-refractivity contribution is 5.89. The monoisotopic (exact) mass is 194 g/mol. The molecule has 3 heteroatoms. The van der Waals surface area contributed by atoms with Gasteiger partial charge in [-0.3, -0.25) is 0 Å². The molecular formula is C11H14O3. The van der Waals surface area contributed by atoms with Crippen molar-refractivity contribution in [1.29, 1.82) is 0 Å². The summed E-state index contributed by atoms with van der Waals surface area (Å²) in [7, 11) is 1.34. The quantitative estimate of drug-likeness (QED) is 0.730. The van der Waals surface area contributed by atoms with E-state index in [4.69, 9.17) is 0 Å². The van der Waals surface area contributed by atoms with Crippen LogP contribution in [0, 0.1) is 6.92 Å². The molecule has 1 rings (SSSR count). The van der Waals surface area contributed by atoms with Crippen molar-refractivity contribution >= 4 is 5.97 Å². The van der Waals surface area contributed by atoms with Crippen molar-refractivity contribution in [1.82, 2.24) is 0 Å². The van der Waals surface area contributed by atoms with Gasteiger partial charge in [-0.15, -0.1) is 0 Å². The summed E-state index contributed by atoms with van der Waals surface area (Å²) in [6, 6.07) is 5.15. The lowest BCUT2D eigenvalue weighted by molar-refractivity contribution is 0.0600. The number of carbonyl (C=O) groups is 1. The van der Waals surface area contributed by atoms with Crippen LogP contribution in [0.3, 0.4) is 0 Å². The lowest BCUT2D eigenvalue weighted by atomic mass is 10.0. The van der Waals surface area contributed by atoms with Crippen LogP contribution >= 0.6 is 0 Å². The third-order valence-electron chi connectivity index (χ3n) is 2.15. The number of aryl methyl sites for hydroxylation is 1. The molecule has 1 N–H and O–H groups in total. The van der Waals surface area contributed by atoms with E-state index in [1.54, 1.807) is 25.1 Å². The molecule has 0 spiro atoms. The maximum Gasteiger partial charge on any atom is 0.337 e. The second-order valence-electron chi connectivity index (χ2n) is 3.24. The Labute approximate surface area is 83.3 Å². The SMILES string of the molecule is COC(=O)c1ccc(C)c(C(C)O)c1. The second-order valence-corrected chi connectivity index (χ2v) is 3.24. The Morgan fingerprint density at radius 1 is 1.50 bits per heavy atom. The molecule has 0 aliphatic rings. The van der Waals surface area contributed by atoms with Gasteiger partial charge in [-0.2, -0.15) is 0 Å². The molecule has 0 amide bonds. The van der Waals surface area contributed by atoms with Gasteiger partial charge < -0.3 is 9.84 Å². The van der Waals surface area contributed by atoms with Crippen LogP contribution in [0.2, 0.25) is 0 Å². The minimum Gasteiger partial charge on any atom is -0.465 e. The molecule has 1 aromatic carbocycles. The fourth-order valence-electron chi connectivity index (χ4n) is 1.34. The molecule has 0 aromatic heterocycles. The third kappa shape index (κ3) is 2.12. The first-order valence-electron chi connectivity index (χ1n) is 4.43. The minimum absolute atomic E-state index is 0.383. The number of benzene rings is 1. The number of rotatable bonds is 2. The van der Waals surface area contributed by atoms with Crippen molar-refractivity contribution in [2.24, 2.45) is 0 Å². The molecule has 0 saturated heterocycles. The van der Waals surface area contributed by atoms with Crippen LogP contribution in [0.25, 0.3) is 0 Å². The summed E-state index contributed by atoms with van der Waals surface area (Å²) in [5.41, 5.74) is 2.19. The van der Waals surface area contributed by atoms with Crippen LogP contribution in [0.1, 0.15) is 34.5 Å². The van der Waals surface area contributed by atoms with Crippen molar-refractivity contribution in [3.05, 3.63) is 34.9 Å². The molecule has 0 aliphatic heterocycles. The van der Waals surface area contributed by atoms with Gasteiger partial charge in [0.05, 0.1) is 18.8 Å². The van der Waals surface area contributed by atoms with E-state index in [-0.39, 0.29) is 5.97 Å². The molecule has 0 heterocycles. The number of hydrogen-bond acceptors (Lipinski definition) is 3. The molecule has 0 radical (unpaired) electrons. The molecule has 0 saturated carbocycles. The van der Waals surface area contributed by atoms with Crippen molar-refractivity contribution < 1.29 is 14.6 Å². The van der Waals surface area contributed by atoms with E-state index >= 15 is 0 Å². The van der Waals surface area contributed by atoms with E-state index in [1.807, 2.05) is 6.92 Å². The van der Waals surface area contributed by atoms with Gasteiger partial charge in [-0.05, 0) is 37.1 Å². The molecule has 3 nitrogen and oxygen atoms in total. The smallest absolute Gasteiger partial charge is 0.337 e. The zero-order valence-electron chi connectivity index (χ0n) is 8.57. The van der Waals surface area contributed by atoms with Crippen LogP contribution in [-0.4, -0.2) is 18.2 Å². The summed E-state index contributed by atoms with van der Waals surface area (Å²) >= 11 is 0. The molecular weight excluding hydrogens is 180 g/mol. The fraction of sp³-hybridized carbons (Fsp3) is 0.364. The predicted molar refractivity (Wildman–Crippen MR) is 53.2 cm³/mol. The largest absolute Gasteiger partial charge is 0.465 e. The zero-order valence-corrected chi connectivity index (χ0v) is 8.57. The predicted octanol–water partition coefficient (Wildman–Crippen LogP) is 1.83. The van der Waals surface area contributed by atoms with Crippen LogP contribution < -0.4 is 0 Å². The highest BCUT2D eigenvalue weighted by atomic mass is 16.5. The number of aliphatic hydroxyl groups is 1. The maximum absolute atomic E-state index is 11.2. The van der Waals surface area contributed by atoms with Gasteiger partial charge in [0.15, 0.2) is 0 Å². The Balaban J connectivity index is 3.13. The molecule has 1 unspecified atom stereocenters. The number of methoxy groups -OCH3 is 1. The van der Waals surface area contributed by atoms with E-state index in [9.17, 15) is 9.90 Å². The summed E-state index contributed by atoms with van der Waals surface area (Å²) < 4.78 is 4.59. The van der Waals surface area contributed by atoms with Crippen LogP contribution in [0.15, 0.2) is 18.2 Å². The van der Waals surface area contributed by atoms with Gasteiger partial charge in [0.1, 0.15) is 0 Å². The second kappa shape index (κ2) is 4.24. The molecule has 14 heavy (non-hydrogen) atoms. The average Bonchev–Trinajstić information content (AvgIpc) is 2.17. The van der Waals surface area contributed by atoms with Gasteiger partial charge in [-0.1, -0.05) is 6.07 Å². The summed E-state index contributed by atoms with van der Waals surface area (Å²) in [6.07, 6.45) is -0.570. The van der Waals surface area contributed by atoms with E-state index in [0.29, 0.717) is 5.56 Å². The van der Waals surface area contributed by atoms with Gasteiger partial charge in [-0.25, -0.2) is 4.79 Å². The third-order valence-corrected chi connectivity index (χ3v) is 2.15. The topological polar surface area (TPSA) is 46.5 Å².